The first-order valence-electron chi connectivity index (χ1n) is 7.46. The SMILES string of the molecule is CC1CCC(CNC(=O)c2ccc(C(N)=NO)cc2)CC1. The van der Waals surface area contributed by atoms with Crippen LogP contribution in [0, 0.1) is 11.8 Å². The molecule has 1 aromatic carbocycles. The Morgan fingerprint density at radius 1 is 1.24 bits per heavy atom. The van der Waals surface area contributed by atoms with Crippen LogP contribution in [0.15, 0.2) is 29.4 Å². The first kappa shape index (κ1) is 15.4. The minimum absolute atomic E-state index is 0.0401. The van der Waals surface area contributed by atoms with Gasteiger partial charge in [0, 0.05) is 17.7 Å². The molecule has 0 unspecified atom stereocenters. The Morgan fingerprint density at radius 3 is 2.38 bits per heavy atom. The number of hydrogen-bond donors (Lipinski definition) is 3. The molecule has 1 aliphatic carbocycles. The molecule has 4 N–H and O–H groups in total. The third-order valence-electron chi connectivity index (χ3n) is 4.24. The molecular weight excluding hydrogens is 266 g/mol. The third-order valence-corrected chi connectivity index (χ3v) is 4.24. The zero-order chi connectivity index (χ0) is 15.2. The van der Waals surface area contributed by atoms with E-state index in [0.717, 1.165) is 12.5 Å². The van der Waals surface area contributed by atoms with Crippen LogP contribution in [0.2, 0.25) is 0 Å². The van der Waals surface area contributed by atoms with Crippen molar-refractivity contribution in [2.75, 3.05) is 6.54 Å². The molecule has 0 spiro atoms. The summed E-state index contributed by atoms with van der Waals surface area (Å²) in [7, 11) is 0. The summed E-state index contributed by atoms with van der Waals surface area (Å²) in [5.74, 6) is 1.39. The number of carbonyl (C=O) groups excluding carboxylic acids is 1. The van der Waals surface area contributed by atoms with Gasteiger partial charge in [0.25, 0.3) is 5.91 Å². The van der Waals surface area contributed by atoms with Crippen molar-refractivity contribution < 1.29 is 10.0 Å². The molecule has 0 aliphatic heterocycles. The Labute approximate surface area is 125 Å². The zero-order valence-corrected chi connectivity index (χ0v) is 12.4. The second-order valence-corrected chi connectivity index (χ2v) is 5.90. The number of amides is 1. The number of carbonyl (C=O) groups is 1. The molecule has 0 bridgehead atoms. The van der Waals surface area contributed by atoms with Gasteiger partial charge in [0.05, 0.1) is 0 Å². The minimum Gasteiger partial charge on any atom is -0.409 e. The lowest BCUT2D eigenvalue weighted by atomic mass is 9.83. The number of rotatable bonds is 4. The van der Waals surface area contributed by atoms with E-state index in [2.05, 4.69) is 17.4 Å². The highest BCUT2D eigenvalue weighted by atomic mass is 16.4. The fraction of sp³-hybridized carbons (Fsp3) is 0.500. The van der Waals surface area contributed by atoms with E-state index >= 15 is 0 Å². The standard InChI is InChI=1S/C16H23N3O2/c1-11-2-4-12(5-3-11)10-18-16(20)14-8-6-13(7-9-14)15(17)19-21/h6-9,11-12,21H,2-5,10H2,1H3,(H2,17,19)(H,18,20). The van der Waals surface area contributed by atoms with E-state index in [4.69, 9.17) is 10.9 Å². The van der Waals surface area contributed by atoms with Gasteiger partial charge in [0.15, 0.2) is 5.84 Å². The van der Waals surface area contributed by atoms with Crippen molar-refractivity contribution in [2.45, 2.75) is 32.6 Å². The van der Waals surface area contributed by atoms with Gasteiger partial charge in [-0.1, -0.05) is 37.1 Å². The van der Waals surface area contributed by atoms with Crippen LogP contribution in [-0.4, -0.2) is 23.5 Å². The topological polar surface area (TPSA) is 87.7 Å². The predicted octanol–water partition coefficient (Wildman–Crippen LogP) is 2.34. The molecule has 21 heavy (non-hydrogen) atoms. The van der Waals surface area contributed by atoms with Crippen molar-refractivity contribution in [3.05, 3.63) is 35.4 Å². The van der Waals surface area contributed by atoms with E-state index in [1.54, 1.807) is 24.3 Å². The predicted molar refractivity (Wildman–Crippen MR) is 82.4 cm³/mol. The van der Waals surface area contributed by atoms with Crippen molar-refractivity contribution in [3.63, 3.8) is 0 Å². The number of benzene rings is 1. The first-order chi connectivity index (χ1) is 10.1. The molecule has 1 saturated carbocycles. The van der Waals surface area contributed by atoms with E-state index in [1.165, 1.54) is 25.7 Å². The molecule has 1 aliphatic rings. The summed E-state index contributed by atoms with van der Waals surface area (Å²) >= 11 is 0. The number of nitrogens with zero attached hydrogens (tertiary/aromatic N) is 1. The fourth-order valence-electron chi connectivity index (χ4n) is 2.72. The van der Waals surface area contributed by atoms with Gasteiger partial charge in [0.1, 0.15) is 0 Å². The van der Waals surface area contributed by atoms with Gasteiger partial charge >= 0.3 is 0 Å². The average Bonchev–Trinajstić information content (AvgIpc) is 2.53. The van der Waals surface area contributed by atoms with Gasteiger partial charge in [-0.2, -0.15) is 0 Å². The fourth-order valence-corrected chi connectivity index (χ4v) is 2.72. The maximum Gasteiger partial charge on any atom is 0.251 e. The highest BCUT2D eigenvalue weighted by Gasteiger charge is 2.18. The van der Waals surface area contributed by atoms with Gasteiger partial charge in [-0.25, -0.2) is 0 Å². The highest BCUT2D eigenvalue weighted by molar-refractivity contribution is 5.99. The van der Waals surface area contributed by atoms with Crippen molar-refractivity contribution in [2.24, 2.45) is 22.7 Å². The van der Waals surface area contributed by atoms with Crippen LogP contribution in [-0.2, 0) is 0 Å². The molecule has 1 amide bonds. The Morgan fingerprint density at radius 2 is 1.81 bits per heavy atom. The molecule has 0 aromatic heterocycles. The van der Waals surface area contributed by atoms with Crippen LogP contribution >= 0.6 is 0 Å². The monoisotopic (exact) mass is 289 g/mol. The van der Waals surface area contributed by atoms with E-state index in [-0.39, 0.29) is 11.7 Å². The molecule has 0 radical (unpaired) electrons. The molecule has 2 rings (SSSR count). The van der Waals surface area contributed by atoms with Crippen molar-refractivity contribution in [1.29, 1.82) is 0 Å². The van der Waals surface area contributed by atoms with Crippen molar-refractivity contribution in [1.82, 2.24) is 5.32 Å². The minimum atomic E-state index is -0.0697. The van der Waals surface area contributed by atoms with E-state index in [0.29, 0.717) is 17.0 Å². The van der Waals surface area contributed by atoms with Crippen LogP contribution in [0.5, 0.6) is 0 Å². The molecule has 0 heterocycles. The van der Waals surface area contributed by atoms with E-state index < -0.39 is 0 Å². The van der Waals surface area contributed by atoms with Gasteiger partial charge in [-0.3, -0.25) is 4.79 Å². The summed E-state index contributed by atoms with van der Waals surface area (Å²) in [6, 6.07) is 6.72. The molecule has 0 saturated heterocycles. The summed E-state index contributed by atoms with van der Waals surface area (Å²) in [5.41, 5.74) is 6.67. The molecule has 1 fully saturated rings. The number of oxime groups is 1. The summed E-state index contributed by atoms with van der Waals surface area (Å²) in [6.07, 6.45) is 4.91. The van der Waals surface area contributed by atoms with Gasteiger partial charge in [-0.05, 0) is 36.8 Å². The molecule has 0 atom stereocenters. The molecule has 5 heteroatoms. The smallest absolute Gasteiger partial charge is 0.251 e. The quantitative estimate of drug-likeness (QED) is 0.344. The Balaban J connectivity index is 1.86. The maximum atomic E-state index is 12.1. The van der Waals surface area contributed by atoms with Gasteiger partial charge in [0.2, 0.25) is 0 Å². The zero-order valence-electron chi connectivity index (χ0n) is 12.4. The normalized spacial score (nSPS) is 22.8. The Kier molecular flexibility index (Phi) is 5.20. The van der Waals surface area contributed by atoms with Gasteiger partial charge < -0.3 is 16.3 Å². The van der Waals surface area contributed by atoms with Crippen LogP contribution < -0.4 is 11.1 Å². The lowest BCUT2D eigenvalue weighted by molar-refractivity contribution is 0.0942. The van der Waals surface area contributed by atoms with Crippen LogP contribution in [0.25, 0.3) is 0 Å². The summed E-state index contributed by atoms with van der Waals surface area (Å²) in [5, 5.41) is 14.5. The largest absolute Gasteiger partial charge is 0.409 e. The van der Waals surface area contributed by atoms with E-state index in [9.17, 15) is 4.79 Å². The van der Waals surface area contributed by atoms with Crippen LogP contribution in [0.3, 0.4) is 0 Å². The van der Waals surface area contributed by atoms with Crippen LogP contribution in [0.1, 0.15) is 48.5 Å². The van der Waals surface area contributed by atoms with Crippen molar-refractivity contribution >= 4 is 11.7 Å². The third kappa shape index (κ3) is 4.21. The summed E-state index contributed by atoms with van der Waals surface area (Å²) in [6.45, 7) is 3.03. The Hall–Kier alpha value is -2.04. The molecular formula is C16H23N3O2. The number of hydrogen-bond acceptors (Lipinski definition) is 3. The molecule has 114 valence electrons. The lowest BCUT2D eigenvalue weighted by Gasteiger charge is -2.26. The molecule has 1 aromatic rings. The molecule has 5 nitrogen and oxygen atoms in total. The lowest BCUT2D eigenvalue weighted by Crippen LogP contribution is -2.31. The van der Waals surface area contributed by atoms with Crippen LogP contribution in [0.4, 0.5) is 0 Å². The van der Waals surface area contributed by atoms with Crippen molar-refractivity contribution in [3.8, 4) is 0 Å². The highest BCUT2D eigenvalue weighted by Crippen LogP contribution is 2.27. The van der Waals surface area contributed by atoms with E-state index in [1.807, 2.05) is 0 Å². The summed E-state index contributed by atoms with van der Waals surface area (Å²) in [4.78, 5) is 12.1. The average molecular weight is 289 g/mol. The second-order valence-electron chi connectivity index (χ2n) is 5.90. The number of nitrogens with one attached hydrogen (secondary N) is 1. The van der Waals surface area contributed by atoms with Gasteiger partial charge in [-0.15, -0.1) is 0 Å². The number of nitrogens with two attached hydrogens (primary N) is 1. The number of amidine groups is 1. The Bertz CT molecular complexity index is 503. The summed E-state index contributed by atoms with van der Waals surface area (Å²) < 4.78 is 0. The second kappa shape index (κ2) is 7.11. The maximum absolute atomic E-state index is 12.1. The first-order valence-corrected chi connectivity index (χ1v) is 7.46.